The molecule has 1 heterocycles. The third kappa shape index (κ3) is 7.51. The highest BCUT2D eigenvalue weighted by atomic mass is 33.1. The van der Waals surface area contributed by atoms with Crippen molar-refractivity contribution in [2.24, 2.45) is 0 Å². The summed E-state index contributed by atoms with van der Waals surface area (Å²) in [6.07, 6.45) is 4.41. The minimum atomic E-state index is -0.783. The van der Waals surface area contributed by atoms with Crippen molar-refractivity contribution >= 4 is 27.6 Å². The predicted octanol–water partition coefficient (Wildman–Crippen LogP) is 1.99. The lowest BCUT2D eigenvalue weighted by molar-refractivity contribution is -0.144. The quantitative estimate of drug-likeness (QED) is 0.385. The molecule has 6 heteroatoms. The molecule has 0 aromatic carbocycles. The van der Waals surface area contributed by atoms with Crippen molar-refractivity contribution < 1.29 is 19.7 Å². The molecule has 0 spiro atoms. The van der Waals surface area contributed by atoms with Crippen molar-refractivity contribution in [2.45, 2.75) is 49.9 Å². The Morgan fingerprint density at radius 3 is 2.94 bits per heavy atom. The maximum atomic E-state index is 11.3. The molecule has 1 aliphatic rings. The van der Waals surface area contributed by atoms with Crippen LogP contribution in [-0.2, 0) is 9.53 Å². The number of aliphatic hydroxyl groups is 2. The number of ether oxygens (including phenoxy) is 1. The Labute approximate surface area is 116 Å². The lowest BCUT2D eigenvalue weighted by Crippen LogP contribution is -2.16. The number of hydrogen-bond donors (Lipinski definition) is 2. The largest absolute Gasteiger partial charge is 0.466 e. The Kier molecular flexibility index (Phi) is 8.92. The highest BCUT2D eigenvalue weighted by Crippen LogP contribution is 2.39. The first-order valence-electron chi connectivity index (χ1n) is 6.45. The fourth-order valence-corrected chi connectivity index (χ4v) is 4.71. The number of rotatable bonds is 9. The zero-order valence-corrected chi connectivity index (χ0v) is 12.2. The topological polar surface area (TPSA) is 66.8 Å². The molecule has 0 bridgehead atoms. The number of esters is 1. The highest BCUT2D eigenvalue weighted by Gasteiger charge is 2.15. The molecule has 18 heavy (non-hydrogen) atoms. The van der Waals surface area contributed by atoms with Crippen molar-refractivity contribution in [1.29, 1.82) is 0 Å². The van der Waals surface area contributed by atoms with Gasteiger partial charge in [-0.05, 0) is 19.3 Å². The van der Waals surface area contributed by atoms with Crippen LogP contribution in [0.1, 0.15) is 38.5 Å². The van der Waals surface area contributed by atoms with Crippen molar-refractivity contribution in [3.63, 3.8) is 0 Å². The van der Waals surface area contributed by atoms with E-state index in [4.69, 9.17) is 14.9 Å². The van der Waals surface area contributed by atoms with E-state index in [2.05, 4.69) is 0 Å². The summed E-state index contributed by atoms with van der Waals surface area (Å²) in [5, 5.41) is 18.4. The van der Waals surface area contributed by atoms with Gasteiger partial charge in [0, 0.05) is 23.8 Å². The first-order valence-corrected chi connectivity index (χ1v) is 8.83. The van der Waals surface area contributed by atoms with Crippen molar-refractivity contribution in [1.82, 2.24) is 0 Å². The molecule has 0 radical (unpaired) electrons. The first kappa shape index (κ1) is 16.1. The van der Waals surface area contributed by atoms with Crippen molar-refractivity contribution in [3.8, 4) is 0 Å². The van der Waals surface area contributed by atoms with Gasteiger partial charge in [0.15, 0.2) is 0 Å². The maximum Gasteiger partial charge on any atom is 0.305 e. The van der Waals surface area contributed by atoms with Crippen molar-refractivity contribution in [2.75, 3.05) is 19.0 Å². The SMILES string of the molecule is O=C(CCCC[C@@H]1CCSS1)OCC[C@H](O)CO. The number of aliphatic hydroxyl groups excluding tert-OH is 2. The molecule has 0 aromatic rings. The van der Waals surface area contributed by atoms with E-state index in [-0.39, 0.29) is 19.2 Å². The minimum absolute atomic E-state index is 0.190. The molecular weight excluding hydrogens is 272 g/mol. The fraction of sp³-hybridized carbons (Fsp3) is 0.917. The summed E-state index contributed by atoms with van der Waals surface area (Å²) in [6, 6.07) is 0. The summed E-state index contributed by atoms with van der Waals surface area (Å²) in [5.74, 6) is 1.05. The zero-order chi connectivity index (χ0) is 13.2. The average Bonchev–Trinajstić information content (AvgIpc) is 2.87. The summed E-state index contributed by atoms with van der Waals surface area (Å²) in [4.78, 5) is 11.3. The van der Waals surface area contributed by atoms with Crippen molar-refractivity contribution in [3.05, 3.63) is 0 Å². The van der Waals surface area contributed by atoms with E-state index >= 15 is 0 Å². The molecule has 1 fully saturated rings. The lowest BCUT2D eigenvalue weighted by atomic mass is 10.1. The van der Waals surface area contributed by atoms with Gasteiger partial charge >= 0.3 is 5.97 Å². The van der Waals surface area contributed by atoms with E-state index in [9.17, 15) is 4.79 Å². The van der Waals surface area contributed by atoms with E-state index in [0.717, 1.165) is 18.1 Å². The van der Waals surface area contributed by atoms with E-state index in [1.807, 2.05) is 21.6 Å². The molecular formula is C12H22O4S2. The molecule has 0 unspecified atom stereocenters. The van der Waals surface area contributed by atoms with E-state index in [1.165, 1.54) is 18.6 Å². The summed E-state index contributed by atoms with van der Waals surface area (Å²) >= 11 is 0. The van der Waals surface area contributed by atoms with Gasteiger partial charge in [0.1, 0.15) is 0 Å². The minimum Gasteiger partial charge on any atom is -0.466 e. The Morgan fingerprint density at radius 1 is 1.44 bits per heavy atom. The van der Waals surface area contributed by atoms with Crippen LogP contribution in [0.4, 0.5) is 0 Å². The van der Waals surface area contributed by atoms with E-state index < -0.39 is 6.10 Å². The van der Waals surface area contributed by atoms with Gasteiger partial charge < -0.3 is 14.9 Å². The van der Waals surface area contributed by atoms with Gasteiger partial charge in [-0.3, -0.25) is 4.79 Å². The third-order valence-corrected chi connectivity index (χ3v) is 5.82. The van der Waals surface area contributed by atoms with Crippen LogP contribution in [0, 0.1) is 0 Å². The molecule has 1 saturated heterocycles. The Bertz CT molecular complexity index is 232. The summed E-state index contributed by atoms with van der Waals surface area (Å²) in [6.45, 7) is -0.0930. The second-order valence-electron chi connectivity index (χ2n) is 4.42. The Morgan fingerprint density at radius 2 is 2.28 bits per heavy atom. The van der Waals surface area contributed by atoms with Crippen LogP contribution >= 0.6 is 21.6 Å². The summed E-state index contributed by atoms with van der Waals surface area (Å²) in [5.41, 5.74) is 0. The van der Waals surface area contributed by atoms with Crippen LogP contribution < -0.4 is 0 Å². The monoisotopic (exact) mass is 294 g/mol. The number of carbonyl (C=O) groups is 1. The second kappa shape index (κ2) is 9.95. The molecule has 2 N–H and O–H groups in total. The molecule has 1 aliphatic heterocycles. The standard InChI is InChI=1S/C12H22O4S2/c13-9-10(14)5-7-16-12(15)4-2-1-3-11-6-8-17-18-11/h10-11,13-14H,1-9H2/t10-,11+/m0/s1. The molecule has 0 amide bonds. The number of hydrogen-bond acceptors (Lipinski definition) is 6. The van der Waals surface area contributed by atoms with Gasteiger partial charge in [0.2, 0.25) is 0 Å². The molecule has 4 nitrogen and oxygen atoms in total. The fourth-order valence-electron chi connectivity index (χ4n) is 1.68. The molecule has 0 saturated carbocycles. The maximum absolute atomic E-state index is 11.3. The molecule has 0 aromatic heterocycles. The highest BCUT2D eigenvalue weighted by molar-refractivity contribution is 8.77. The number of carbonyl (C=O) groups excluding carboxylic acids is 1. The van der Waals surface area contributed by atoms with Crippen LogP contribution in [0.2, 0.25) is 0 Å². The summed E-state index contributed by atoms with van der Waals surface area (Å²) < 4.78 is 4.97. The third-order valence-electron chi connectivity index (χ3n) is 2.81. The van der Waals surface area contributed by atoms with Crippen LogP contribution in [0.3, 0.4) is 0 Å². The zero-order valence-electron chi connectivity index (χ0n) is 10.5. The smallest absolute Gasteiger partial charge is 0.305 e. The Hall–Kier alpha value is 0.0900. The first-order chi connectivity index (χ1) is 8.72. The average molecular weight is 294 g/mol. The van der Waals surface area contributed by atoms with Crippen LogP contribution in [-0.4, -0.2) is 46.5 Å². The van der Waals surface area contributed by atoms with Gasteiger partial charge in [-0.2, -0.15) is 0 Å². The normalized spacial score (nSPS) is 20.9. The van der Waals surface area contributed by atoms with Gasteiger partial charge in [-0.1, -0.05) is 28.0 Å². The number of unbranched alkanes of at least 4 members (excludes halogenated alkanes) is 1. The Balaban J connectivity index is 1.89. The van der Waals surface area contributed by atoms with E-state index in [1.54, 1.807) is 0 Å². The molecule has 1 rings (SSSR count). The molecule has 0 aliphatic carbocycles. The lowest BCUT2D eigenvalue weighted by Gasteiger charge is -2.08. The summed E-state index contributed by atoms with van der Waals surface area (Å²) in [7, 11) is 3.91. The van der Waals surface area contributed by atoms with Crippen LogP contribution in [0.25, 0.3) is 0 Å². The predicted molar refractivity (Wildman–Crippen MR) is 75.6 cm³/mol. The van der Waals surface area contributed by atoms with Gasteiger partial charge in [0.05, 0.1) is 19.3 Å². The molecule has 2 atom stereocenters. The van der Waals surface area contributed by atoms with Crippen LogP contribution in [0.5, 0.6) is 0 Å². The van der Waals surface area contributed by atoms with Crippen LogP contribution in [0.15, 0.2) is 0 Å². The van der Waals surface area contributed by atoms with Gasteiger partial charge in [-0.25, -0.2) is 0 Å². The second-order valence-corrected chi connectivity index (χ2v) is 7.21. The van der Waals surface area contributed by atoms with Gasteiger partial charge in [-0.15, -0.1) is 0 Å². The molecule has 106 valence electrons. The van der Waals surface area contributed by atoms with E-state index in [0.29, 0.717) is 12.8 Å². The van der Waals surface area contributed by atoms with Gasteiger partial charge in [0.25, 0.3) is 0 Å².